The number of nitrogens with two attached hydrogens (primary N) is 1. The number of nitrogen functional groups attached to an aromatic ring is 1. The summed E-state index contributed by atoms with van der Waals surface area (Å²) in [5.74, 6) is 2.36. The van der Waals surface area contributed by atoms with Gasteiger partial charge in [-0.15, -0.1) is 0 Å². The Morgan fingerprint density at radius 1 is 1.24 bits per heavy atom. The van der Waals surface area contributed by atoms with Gasteiger partial charge in [-0.3, -0.25) is 5.10 Å². The lowest BCUT2D eigenvalue weighted by Crippen LogP contribution is -2.02. The van der Waals surface area contributed by atoms with Gasteiger partial charge in [0.25, 0.3) is 0 Å². The van der Waals surface area contributed by atoms with Crippen molar-refractivity contribution in [2.24, 2.45) is 0 Å². The molecule has 0 spiro atoms. The van der Waals surface area contributed by atoms with Gasteiger partial charge in [-0.05, 0) is 27.9 Å². The molecule has 0 saturated carbocycles. The minimum atomic E-state index is 0.285. The summed E-state index contributed by atoms with van der Waals surface area (Å²) < 4.78 is 12.7. The number of anilines is 1. The predicted octanol–water partition coefficient (Wildman–Crippen LogP) is 3.71. The van der Waals surface area contributed by atoms with Crippen LogP contribution in [0.1, 0.15) is 31.7 Å². The minimum Gasteiger partial charge on any atom is -0.489 e. The predicted molar refractivity (Wildman–Crippen MR) is 85.8 cm³/mol. The molecule has 0 bridgehead atoms. The van der Waals surface area contributed by atoms with E-state index in [2.05, 4.69) is 40.0 Å². The number of rotatable bonds is 2. The summed E-state index contributed by atoms with van der Waals surface area (Å²) >= 11 is 3.58. The molecule has 3 N–H and O–H groups in total. The summed E-state index contributed by atoms with van der Waals surface area (Å²) in [5, 5.41) is 6.99. The number of halogens is 1. The highest BCUT2D eigenvalue weighted by Crippen LogP contribution is 2.47. The fourth-order valence-corrected chi connectivity index (χ4v) is 3.10. The Bertz CT molecular complexity index is 667. The fourth-order valence-electron chi connectivity index (χ4n) is 2.58. The van der Waals surface area contributed by atoms with Gasteiger partial charge in [0.05, 0.1) is 23.4 Å². The highest BCUT2D eigenvalue weighted by molar-refractivity contribution is 9.10. The summed E-state index contributed by atoms with van der Waals surface area (Å²) in [6.07, 6.45) is 0.880. The van der Waals surface area contributed by atoms with Crippen LogP contribution in [-0.2, 0) is 0 Å². The first kappa shape index (κ1) is 14.3. The van der Waals surface area contributed by atoms with Crippen molar-refractivity contribution in [3.05, 3.63) is 22.2 Å². The second kappa shape index (κ2) is 5.60. The van der Waals surface area contributed by atoms with Gasteiger partial charge in [-0.25, -0.2) is 0 Å². The van der Waals surface area contributed by atoms with Crippen LogP contribution in [0.3, 0.4) is 0 Å². The molecule has 0 unspecified atom stereocenters. The number of benzene rings is 1. The van der Waals surface area contributed by atoms with Crippen LogP contribution in [0.15, 0.2) is 16.6 Å². The first-order chi connectivity index (χ1) is 10.1. The molecule has 112 valence electrons. The Kier molecular flexibility index (Phi) is 3.80. The average molecular weight is 352 g/mol. The zero-order valence-electron chi connectivity index (χ0n) is 12.1. The number of hydrogen-bond acceptors (Lipinski definition) is 4. The van der Waals surface area contributed by atoms with Crippen LogP contribution in [0.5, 0.6) is 11.5 Å². The molecule has 2 heterocycles. The van der Waals surface area contributed by atoms with E-state index in [0.717, 1.165) is 39.2 Å². The Hall–Kier alpha value is -1.69. The van der Waals surface area contributed by atoms with Crippen molar-refractivity contribution in [3.63, 3.8) is 0 Å². The molecule has 1 aromatic heterocycles. The maximum absolute atomic E-state index is 5.97. The average Bonchev–Trinajstić information content (AvgIpc) is 2.72. The second-order valence-corrected chi connectivity index (χ2v) is 6.24. The summed E-state index contributed by atoms with van der Waals surface area (Å²) in [5.41, 5.74) is 8.76. The molecule has 0 aliphatic carbocycles. The van der Waals surface area contributed by atoms with Crippen LogP contribution in [-0.4, -0.2) is 23.4 Å². The van der Waals surface area contributed by atoms with Gasteiger partial charge in [0.1, 0.15) is 5.82 Å². The van der Waals surface area contributed by atoms with E-state index in [9.17, 15) is 0 Å². The topological polar surface area (TPSA) is 73.2 Å². The van der Waals surface area contributed by atoms with Gasteiger partial charge in [-0.1, -0.05) is 13.8 Å². The third kappa shape index (κ3) is 2.60. The molecule has 5 nitrogen and oxygen atoms in total. The summed E-state index contributed by atoms with van der Waals surface area (Å²) in [6, 6.07) is 3.87. The number of nitrogens with one attached hydrogen (secondary N) is 1. The molecular weight excluding hydrogens is 334 g/mol. The van der Waals surface area contributed by atoms with E-state index in [1.165, 1.54) is 0 Å². The van der Waals surface area contributed by atoms with Crippen LogP contribution in [0.4, 0.5) is 5.82 Å². The van der Waals surface area contributed by atoms with Crippen molar-refractivity contribution in [1.29, 1.82) is 0 Å². The second-order valence-electron chi connectivity index (χ2n) is 5.39. The molecule has 21 heavy (non-hydrogen) atoms. The Morgan fingerprint density at radius 2 is 1.95 bits per heavy atom. The van der Waals surface area contributed by atoms with Gasteiger partial charge in [0.2, 0.25) is 0 Å². The van der Waals surface area contributed by atoms with Gasteiger partial charge >= 0.3 is 0 Å². The standard InChI is InChI=1S/C15H18BrN3O2/c1-8(2)13-9(11-7-12(17)19-18-11)6-10(16)14-15(13)21-5-3-4-20-14/h6-8H,3-5H2,1-2H3,(H3,17,18,19). The molecule has 0 atom stereocenters. The van der Waals surface area contributed by atoms with Crippen molar-refractivity contribution in [1.82, 2.24) is 10.2 Å². The lowest BCUT2D eigenvalue weighted by Gasteiger charge is -2.20. The number of nitrogens with zero attached hydrogens (tertiary/aromatic N) is 1. The minimum absolute atomic E-state index is 0.285. The van der Waals surface area contributed by atoms with Gasteiger partial charge in [0.15, 0.2) is 11.5 Å². The first-order valence-corrected chi connectivity index (χ1v) is 7.80. The van der Waals surface area contributed by atoms with Gasteiger partial charge in [-0.2, -0.15) is 5.10 Å². The number of aromatic nitrogens is 2. The van der Waals surface area contributed by atoms with Crippen molar-refractivity contribution in [3.8, 4) is 22.8 Å². The Morgan fingerprint density at radius 3 is 2.57 bits per heavy atom. The molecule has 1 aliphatic heterocycles. The lowest BCUT2D eigenvalue weighted by atomic mass is 9.93. The van der Waals surface area contributed by atoms with Crippen LogP contribution in [0.25, 0.3) is 11.3 Å². The van der Waals surface area contributed by atoms with Gasteiger partial charge in [0, 0.05) is 23.6 Å². The number of fused-ring (bicyclic) bond motifs is 1. The molecule has 0 fully saturated rings. The summed E-state index contributed by atoms with van der Waals surface area (Å²) in [7, 11) is 0. The zero-order valence-corrected chi connectivity index (χ0v) is 13.7. The smallest absolute Gasteiger partial charge is 0.175 e. The molecule has 0 amide bonds. The summed E-state index contributed by atoms with van der Waals surface area (Å²) in [4.78, 5) is 0. The van der Waals surface area contributed by atoms with Crippen molar-refractivity contribution in [2.45, 2.75) is 26.2 Å². The third-order valence-electron chi connectivity index (χ3n) is 3.48. The van der Waals surface area contributed by atoms with E-state index in [1.807, 2.05) is 12.1 Å². The molecule has 0 saturated heterocycles. The Balaban J connectivity index is 2.25. The zero-order chi connectivity index (χ0) is 15.0. The molecule has 3 rings (SSSR count). The van der Waals surface area contributed by atoms with Gasteiger partial charge < -0.3 is 15.2 Å². The molecule has 1 aromatic carbocycles. The number of hydrogen-bond donors (Lipinski definition) is 2. The molecule has 6 heteroatoms. The number of aromatic amines is 1. The highest BCUT2D eigenvalue weighted by Gasteiger charge is 2.25. The number of ether oxygens (including phenoxy) is 2. The van der Waals surface area contributed by atoms with E-state index in [4.69, 9.17) is 15.2 Å². The van der Waals surface area contributed by atoms with E-state index in [1.54, 1.807) is 0 Å². The third-order valence-corrected chi connectivity index (χ3v) is 4.06. The number of H-pyrrole nitrogens is 1. The maximum atomic E-state index is 5.97. The van der Waals surface area contributed by atoms with Crippen molar-refractivity contribution < 1.29 is 9.47 Å². The van der Waals surface area contributed by atoms with Crippen LogP contribution in [0, 0.1) is 0 Å². The lowest BCUT2D eigenvalue weighted by molar-refractivity contribution is 0.295. The van der Waals surface area contributed by atoms with Crippen molar-refractivity contribution >= 4 is 21.7 Å². The van der Waals surface area contributed by atoms with E-state index >= 15 is 0 Å². The van der Waals surface area contributed by atoms with E-state index in [0.29, 0.717) is 19.0 Å². The highest BCUT2D eigenvalue weighted by atomic mass is 79.9. The van der Waals surface area contributed by atoms with E-state index in [-0.39, 0.29) is 5.92 Å². The fraction of sp³-hybridized carbons (Fsp3) is 0.400. The maximum Gasteiger partial charge on any atom is 0.175 e. The SMILES string of the molecule is CC(C)c1c(-c2cc(N)n[nH]2)cc(Br)c2c1OCCCO2. The Labute approximate surface area is 132 Å². The van der Waals surface area contributed by atoms with Crippen LogP contribution >= 0.6 is 15.9 Å². The monoisotopic (exact) mass is 351 g/mol. The molecular formula is C15H18BrN3O2. The van der Waals surface area contributed by atoms with Crippen molar-refractivity contribution in [2.75, 3.05) is 18.9 Å². The van der Waals surface area contributed by atoms with Crippen LogP contribution < -0.4 is 15.2 Å². The summed E-state index contributed by atoms with van der Waals surface area (Å²) in [6.45, 7) is 5.61. The molecule has 1 aliphatic rings. The molecule has 0 radical (unpaired) electrons. The quantitative estimate of drug-likeness (QED) is 0.864. The first-order valence-electron chi connectivity index (χ1n) is 7.01. The normalized spacial score (nSPS) is 14.3. The van der Waals surface area contributed by atoms with Crippen LogP contribution in [0.2, 0.25) is 0 Å². The largest absolute Gasteiger partial charge is 0.489 e. The molecule has 2 aromatic rings. The van der Waals surface area contributed by atoms with E-state index < -0.39 is 0 Å².